The number of nitrogens with one attached hydrogen (secondary N) is 1. The quantitative estimate of drug-likeness (QED) is 0.585. The monoisotopic (exact) mass is 398 g/mol. The Morgan fingerprint density at radius 2 is 1.50 bits per heavy atom. The summed E-state index contributed by atoms with van der Waals surface area (Å²) in [4.78, 5) is 8.17. The number of hydrogen-bond donors (Lipinski definition) is 2. The van der Waals surface area contributed by atoms with Crippen molar-refractivity contribution in [1.29, 1.82) is 0 Å². The maximum Gasteiger partial charge on any atom is 0.416 e. The first-order valence-corrected chi connectivity index (χ1v) is 8.01. The molecule has 9 heteroatoms. The van der Waals surface area contributed by atoms with Gasteiger partial charge in [0.2, 0.25) is 5.95 Å². The molecule has 3 N–H and O–H groups in total. The predicted molar refractivity (Wildman–Crippen MR) is 96.6 cm³/mol. The van der Waals surface area contributed by atoms with E-state index in [1.807, 2.05) is 0 Å². The van der Waals surface area contributed by atoms with E-state index in [9.17, 15) is 13.2 Å². The van der Waals surface area contributed by atoms with Crippen molar-refractivity contribution in [2.24, 2.45) is 0 Å². The summed E-state index contributed by atoms with van der Waals surface area (Å²) in [6, 6.07) is 11.1. The van der Waals surface area contributed by atoms with E-state index >= 15 is 0 Å². The highest BCUT2D eigenvalue weighted by Gasteiger charge is 2.29. The van der Waals surface area contributed by atoms with Gasteiger partial charge in [0, 0.05) is 27.4 Å². The van der Waals surface area contributed by atoms with Crippen LogP contribution in [-0.4, -0.2) is 9.97 Å². The van der Waals surface area contributed by atoms with E-state index < -0.39 is 11.7 Å². The molecule has 0 unspecified atom stereocenters. The maximum absolute atomic E-state index is 12.6. The fourth-order valence-electron chi connectivity index (χ4n) is 2.27. The van der Waals surface area contributed by atoms with Crippen molar-refractivity contribution >= 4 is 40.7 Å². The second-order valence-corrected chi connectivity index (χ2v) is 6.23. The molecule has 2 aromatic carbocycles. The molecule has 4 nitrogen and oxygen atoms in total. The van der Waals surface area contributed by atoms with Crippen molar-refractivity contribution in [1.82, 2.24) is 9.97 Å². The fraction of sp³-hybridized carbons (Fsp3) is 0.0588. The standard InChI is InChI=1S/C17H11Cl2F3N4/c18-11-5-9(6-12(19)7-11)14-8-15(26-16(23)25-14)24-13-3-1-10(2-4-13)17(20,21)22/h1-8H,(H3,23,24,25,26). The third kappa shape index (κ3) is 4.36. The average molecular weight is 399 g/mol. The summed E-state index contributed by atoms with van der Waals surface area (Å²) < 4.78 is 37.9. The summed E-state index contributed by atoms with van der Waals surface area (Å²) in [6.07, 6.45) is -4.39. The SMILES string of the molecule is Nc1nc(Nc2ccc(C(F)(F)F)cc2)cc(-c2cc(Cl)cc(Cl)c2)n1. The first-order valence-electron chi connectivity index (χ1n) is 7.26. The predicted octanol–water partition coefficient (Wildman–Crippen LogP) is 5.80. The minimum atomic E-state index is -4.39. The minimum Gasteiger partial charge on any atom is -0.368 e. The van der Waals surface area contributed by atoms with Gasteiger partial charge in [-0.3, -0.25) is 0 Å². The molecule has 134 valence electrons. The lowest BCUT2D eigenvalue weighted by Crippen LogP contribution is -2.05. The van der Waals surface area contributed by atoms with Crippen LogP contribution in [0.25, 0.3) is 11.3 Å². The number of nitrogens with zero attached hydrogens (tertiary/aromatic N) is 2. The first-order chi connectivity index (χ1) is 12.2. The van der Waals surface area contributed by atoms with Crippen molar-refractivity contribution < 1.29 is 13.2 Å². The molecule has 0 aliphatic rings. The number of alkyl halides is 3. The molecule has 0 saturated heterocycles. The van der Waals surface area contributed by atoms with Crippen LogP contribution in [0.4, 0.5) is 30.6 Å². The molecule has 0 amide bonds. The van der Waals surface area contributed by atoms with Gasteiger partial charge in [-0.2, -0.15) is 18.2 Å². The molecule has 0 atom stereocenters. The number of nitrogen functional groups attached to an aromatic ring is 1. The van der Waals surface area contributed by atoms with Gasteiger partial charge in [-0.25, -0.2) is 4.98 Å². The third-order valence-electron chi connectivity index (χ3n) is 3.39. The van der Waals surface area contributed by atoms with Gasteiger partial charge in [0.1, 0.15) is 5.82 Å². The van der Waals surface area contributed by atoms with E-state index in [0.29, 0.717) is 32.8 Å². The van der Waals surface area contributed by atoms with Crippen LogP contribution in [0, 0.1) is 0 Å². The molecule has 0 saturated carbocycles. The molecule has 1 heterocycles. The van der Waals surface area contributed by atoms with Gasteiger partial charge in [-0.15, -0.1) is 0 Å². The second kappa shape index (κ2) is 7.01. The van der Waals surface area contributed by atoms with Crippen molar-refractivity contribution in [3.8, 4) is 11.3 Å². The molecule has 0 radical (unpaired) electrons. The van der Waals surface area contributed by atoms with Crippen LogP contribution >= 0.6 is 23.2 Å². The Balaban J connectivity index is 1.90. The van der Waals surface area contributed by atoms with E-state index in [0.717, 1.165) is 12.1 Å². The van der Waals surface area contributed by atoms with Crippen LogP contribution in [0.5, 0.6) is 0 Å². The summed E-state index contributed by atoms with van der Waals surface area (Å²) in [5.41, 5.74) is 6.52. The van der Waals surface area contributed by atoms with Gasteiger partial charge in [-0.05, 0) is 42.5 Å². The third-order valence-corrected chi connectivity index (χ3v) is 3.82. The van der Waals surface area contributed by atoms with Crippen LogP contribution in [0.1, 0.15) is 5.56 Å². The summed E-state index contributed by atoms with van der Waals surface area (Å²) in [5.74, 6) is 0.316. The van der Waals surface area contributed by atoms with Gasteiger partial charge in [0.25, 0.3) is 0 Å². The van der Waals surface area contributed by atoms with Gasteiger partial charge >= 0.3 is 6.18 Å². The molecule has 26 heavy (non-hydrogen) atoms. The Hall–Kier alpha value is -2.51. The molecule has 0 fully saturated rings. The molecular formula is C17H11Cl2F3N4. The number of nitrogens with two attached hydrogens (primary N) is 1. The molecule has 0 aliphatic carbocycles. The smallest absolute Gasteiger partial charge is 0.368 e. The first kappa shape index (κ1) is 18.3. The van der Waals surface area contributed by atoms with Crippen molar-refractivity contribution in [2.75, 3.05) is 11.1 Å². The van der Waals surface area contributed by atoms with Crippen molar-refractivity contribution in [3.63, 3.8) is 0 Å². The summed E-state index contributed by atoms with van der Waals surface area (Å²) in [5, 5.41) is 3.76. The zero-order valence-corrected chi connectivity index (χ0v) is 14.5. The van der Waals surface area contributed by atoms with E-state index in [-0.39, 0.29) is 5.95 Å². The normalized spacial score (nSPS) is 11.4. The number of benzene rings is 2. The topological polar surface area (TPSA) is 63.8 Å². The van der Waals surface area contributed by atoms with Crippen LogP contribution < -0.4 is 11.1 Å². The number of halogens is 5. The largest absolute Gasteiger partial charge is 0.416 e. The fourth-order valence-corrected chi connectivity index (χ4v) is 2.80. The molecule has 0 bridgehead atoms. The lowest BCUT2D eigenvalue weighted by Gasteiger charge is -2.11. The zero-order chi connectivity index (χ0) is 18.9. The Labute approximate surface area is 156 Å². The Morgan fingerprint density at radius 1 is 0.885 bits per heavy atom. The van der Waals surface area contributed by atoms with Gasteiger partial charge in [0.15, 0.2) is 0 Å². The highest BCUT2D eigenvalue weighted by molar-refractivity contribution is 6.35. The van der Waals surface area contributed by atoms with Gasteiger partial charge < -0.3 is 11.1 Å². The van der Waals surface area contributed by atoms with Crippen LogP contribution in [0.3, 0.4) is 0 Å². The number of rotatable bonds is 3. The number of aromatic nitrogens is 2. The lowest BCUT2D eigenvalue weighted by molar-refractivity contribution is -0.137. The second-order valence-electron chi connectivity index (χ2n) is 5.35. The highest BCUT2D eigenvalue weighted by atomic mass is 35.5. The summed E-state index contributed by atoms with van der Waals surface area (Å²) in [6.45, 7) is 0. The minimum absolute atomic E-state index is 0.00647. The number of anilines is 3. The number of hydrogen-bond acceptors (Lipinski definition) is 4. The van der Waals surface area contributed by atoms with Crippen molar-refractivity contribution in [2.45, 2.75) is 6.18 Å². The van der Waals surface area contributed by atoms with E-state index in [2.05, 4.69) is 15.3 Å². The van der Waals surface area contributed by atoms with Crippen molar-refractivity contribution in [3.05, 3.63) is 64.1 Å². The lowest BCUT2D eigenvalue weighted by atomic mass is 10.1. The van der Waals surface area contributed by atoms with Gasteiger partial charge in [-0.1, -0.05) is 23.2 Å². The van der Waals surface area contributed by atoms with Crippen LogP contribution in [0.2, 0.25) is 10.0 Å². The summed E-state index contributed by atoms with van der Waals surface area (Å²) >= 11 is 12.0. The zero-order valence-electron chi connectivity index (χ0n) is 13.0. The molecule has 0 aliphatic heterocycles. The maximum atomic E-state index is 12.6. The van der Waals surface area contributed by atoms with Crippen LogP contribution in [0.15, 0.2) is 48.5 Å². The van der Waals surface area contributed by atoms with E-state index in [4.69, 9.17) is 28.9 Å². The Kier molecular flexibility index (Phi) is 4.93. The van der Waals surface area contributed by atoms with Crippen LogP contribution in [-0.2, 0) is 6.18 Å². The molecule has 3 aromatic rings. The van der Waals surface area contributed by atoms with E-state index in [1.165, 1.54) is 12.1 Å². The molecule has 0 spiro atoms. The highest BCUT2D eigenvalue weighted by Crippen LogP contribution is 2.31. The Bertz CT molecular complexity index is 923. The van der Waals surface area contributed by atoms with E-state index in [1.54, 1.807) is 24.3 Å². The molecular weight excluding hydrogens is 388 g/mol. The van der Waals surface area contributed by atoms with Gasteiger partial charge in [0.05, 0.1) is 11.3 Å². The average Bonchev–Trinajstić information content (AvgIpc) is 2.53. The Morgan fingerprint density at radius 3 is 2.08 bits per heavy atom. The summed E-state index contributed by atoms with van der Waals surface area (Å²) in [7, 11) is 0. The molecule has 1 aromatic heterocycles. The molecule has 3 rings (SSSR count).